The molecule has 1 amide bonds. The van der Waals surface area contributed by atoms with E-state index in [4.69, 9.17) is 0 Å². The lowest BCUT2D eigenvalue weighted by atomic mass is 10.0. The van der Waals surface area contributed by atoms with Gasteiger partial charge in [0, 0.05) is 12.6 Å². The molecule has 0 aliphatic carbocycles. The zero-order chi connectivity index (χ0) is 16.9. The van der Waals surface area contributed by atoms with Crippen LogP contribution in [0.25, 0.3) is 0 Å². The van der Waals surface area contributed by atoms with Crippen LogP contribution >= 0.6 is 0 Å². The molecule has 0 spiro atoms. The average Bonchev–Trinajstić information content (AvgIpc) is 2.51. The van der Waals surface area contributed by atoms with Crippen molar-refractivity contribution in [2.24, 2.45) is 0 Å². The maximum atomic E-state index is 13.3. The summed E-state index contributed by atoms with van der Waals surface area (Å²) in [4.78, 5) is 12.1. The quantitative estimate of drug-likeness (QED) is 0.814. The first-order valence-electron chi connectivity index (χ1n) is 7.36. The fourth-order valence-electron chi connectivity index (χ4n) is 2.37. The maximum absolute atomic E-state index is 13.3. The van der Waals surface area contributed by atoms with Gasteiger partial charge in [-0.05, 0) is 37.6 Å². The second-order valence-corrected chi connectivity index (χ2v) is 5.40. The molecule has 8 heteroatoms. The van der Waals surface area contributed by atoms with Gasteiger partial charge in [0.15, 0.2) is 6.61 Å². The van der Waals surface area contributed by atoms with Crippen molar-refractivity contribution in [1.82, 2.24) is 10.6 Å². The molecule has 128 valence electrons. The smallest absolute Gasteiger partial charge is 0.422 e. The minimum Gasteiger partial charge on any atom is -0.483 e. The fraction of sp³-hybridized carbons (Fsp3) is 0.533. The summed E-state index contributed by atoms with van der Waals surface area (Å²) in [6.45, 7) is -0.350. The van der Waals surface area contributed by atoms with Crippen molar-refractivity contribution in [3.05, 3.63) is 29.6 Å². The van der Waals surface area contributed by atoms with Crippen LogP contribution in [0.5, 0.6) is 5.75 Å². The molecule has 1 aromatic rings. The molecule has 2 rings (SSSR count). The normalized spacial score (nSPS) is 18.5. The van der Waals surface area contributed by atoms with Crippen molar-refractivity contribution in [2.75, 3.05) is 19.7 Å². The molecule has 1 unspecified atom stereocenters. The molecule has 1 aliphatic rings. The Kier molecular flexibility index (Phi) is 5.81. The summed E-state index contributed by atoms with van der Waals surface area (Å²) >= 11 is 0. The Morgan fingerprint density at radius 3 is 2.78 bits per heavy atom. The van der Waals surface area contributed by atoms with Crippen LogP contribution in [0.2, 0.25) is 0 Å². The monoisotopic (exact) mass is 334 g/mol. The number of hydrogen-bond acceptors (Lipinski definition) is 3. The molecule has 1 aliphatic heterocycles. The van der Waals surface area contributed by atoms with Gasteiger partial charge >= 0.3 is 6.18 Å². The van der Waals surface area contributed by atoms with E-state index in [-0.39, 0.29) is 17.4 Å². The van der Waals surface area contributed by atoms with Crippen molar-refractivity contribution < 1.29 is 27.1 Å². The van der Waals surface area contributed by atoms with E-state index in [0.717, 1.165) is 44.0 Å². The minimum atomic E-state index is -4.53. The number of piperidine rings is 1. The first-order chi connectivity index (χ1) is 10.8. The predicted octanol–water partition coefficient (Wildman–Crippen LogP) is 2.64. The van der Waals surface area contributed by atoms with E-state index < -0.39 is 24.5 Å². The van der Waals surface area contributed by atoms with Gasteiger partial charge in [0.2, 0.25) is 0 Å². The van der Waals surface area contributed by atoms with Gasteiger partial charge in [-0.2, -0.15) is 13.2 Å². The predicted molar refractivity (Wildman–Crippen MR) is 75.9 cm³/mol. The van der Waals surface area contributed by atoms with Gasteiger partial charge in [-0.15, -0.1) is 0 Å². The number of carbonyl (C=O) groups is 1. The number of benzene rings is 1. The number of ether oxygens (including phenoxy) is 1. The molecule has 0 radical (unpaired) electrons. The number of amides is 1. The van der Waals surface area contributed by atoms with Crippen LogP contribution in [0.4, 0.5) is 17.6 Å². The minimum absolute atomic E-state index is 0.112. The Hall–Kier alpha value is -1.83. The molecule has 23 heavy (non-hydrogen) atoms. The van der Waals surface area contributed by atoms with Crippen molar-refractivity contribution in [3.8, 4) is 5.75 Å². The fourth-order valence-corrected chi connectivity index (χ4v) is 2.37. The number of hydrogen-bond donors (Lipinski definition) is 2. The van der Waals surface area contributed by atoms with Crippen LogP contribution in [0, 0.1) is 5.82 Å². The Morgan fingerprint density at radius 1 is 1.35 bits per heavy atom. The van der Waals surface area contributed by atoms with Gasteiger partial charge in [0.25, 0.3) is 5.91 Å². The van der Waals surface area contributed by atoms with Crippen LogP contribution in [0.1, 0.15) is 29.6 Å². The highest BCUT2D eigenvalue weighted by atomic mass is 19.4. The van der Waals surface area contributed by atoms with E-state index in [1.54, 1.807) is 0 Å². The molecule has 0 bridgehead atoms. The average molecular weight is 334 g/mol. The van der Waals surface area contributed by atoms with Crippen molar-refractivity contribution >= 4 is 5.91 Å². The molecule has 1 fully saturated rings. The Labute approximate surface area is 131 Å². The molecular weight excluding hydrogens is 316 g/mol. The first kappa shape index (κ1) is 17.5. The van der Waals surface area contributed by atoms with Gasteiger partial charge in [-0.25, -0.2) is 4.39 Å². The summed E-state index contributed by atoms with van der Waals surface area (Å²) in [7, 11) is 0. The molecule has 0 saturated carbocycles. The lowest BCUT2D eigenvalue weighted by Crippen LogP contribution is -2.43. The van der Waals surface area contributed by atoms with Crippen LogP contribution in [-0.2, 0) is 0 Å². The SMILES string of the molecule is O=C(NCC1CCCCN1)c1cc(F)ccc1OCC(F)(F)F. The number of alkyl halides is 3. The van der Waals surface area contributed by atoms with Crippen molar-refractivity contribution in [1.29, 1.82) is 0 Å². The maximum Gasteiger partial charge on any atom is 0.422 e. The van der Waals surface area contributed by atoms with Crippen LogP contribution in [0.15, 0.2) is 18.2 Å². The lowest BCUT2D eigenvalue weighted by molar-refractivity contribution is -0.153. The third-order valence-corrected chi connectivity index (χ3v) is 3.50. The summed E-state index contributed by atoms with van der Waals surface area (Å²) in [6, 6.07) is 2.95. The lowest BCUT2D eigenvalue weighted by Gasteiger charge is -2.23. The zero-order valence-corrected chi connectivity index (χ0v) is 12.4. The third kappa shape index (κ3) is 5.70. The summed E-state index contributed by atoms with van der Waals surface area (Å²) < 4.78 is 54.6. The van der Waals surface area contributed by atoms with E-state index in [1.807, 2.05) is 0 Å². The molecular formula is C15H18F4N2O2. The van der Waals surface area contributed by atoms with Gasteiger partial charge in [0.1, 0.15) is 11.6 Å². The Bertz CT molecular complexity index is 543. The van der Waals surface area contributed by atoms with E-state index in [1.165, 1.54) is 0 Å². The molecule has 1 atom stereocenters. The van der Waals surface area contributed by atoms with Gasteiger partial charge in [0.05, 0.1) is 5.56 Å². The number of nitrogens with one attached hydrogen (secondary N) is 2. The highest BCUT2D eigenvalue weighted by Crippen LogP contribution is 2.23. The molecule has 4 nitrogen and oxygen atoms in total. The summed E-state index contributed by atoms with van der Waals surface area (Å²) in [5.41, 5.74) is -0.245. The Morgan fingerprint density at radius 2 is 2.13 bits per heavy atom. The van der Waals surface area contributed by atoms with Crippen molar-refractivity contribution in [3.63, 3.8) is 0 Å². The number of carbonyl (C=O) groups excluding carboxylic acids is 1. The molecule has 0 aromatic heterocycles. The summed E-state index contributed by atoms with van der Waals surface area (Å²) in [5.74, 6) is -1.67. The molecule has 1 saturated heterocycles. The van der Waals surface area contributed by atoms with Gasteiger partial charge in [-0.1, -0.05) is 6.42 Å². The van der Waals surface area contributed by atoms with E-state index >= 15 is 0 Å². The van der Waals surface area contributed by atoms with Gasteiger partial charge < -0.3 is 15.4 Å². The summed E-state index contributed by atoms with van der Waals surface area (Å²) in [5, 5.41) is 5.83. The molecule has 1 heterocycles. The summed E-state index contributed by atoms with van der Waals surface area (Å²) in [6.07, 6.45) is -1.51. The number of rotatable bonds is 5. The number of halogens is 4. The second-order valence-electron chi connectivity index (χ2n) is 5.40. The van der Waals surface area contributed by atoms with E-state index in [0.29, 0.717) is 6.54 Å². The molecule has 2 N–H and O–H groups in total. The van der Waals surface area contributed by atoms with E-state index in [9.17, 15) is 22.4 Å². The van der Waals surface area contributed by atoms with Crippen LogP contribution in [0.3, 0.4) is 0 Å². The standard InChI is InChI=1S/C15H18F4N2O2/c16-10-4-5-13(23-9-15(17,18)19)12(7-10)14(22)21-8-11-3-1-2-6-20-11/h4-5,7,11,20H,1-3,6,8-9H2,(H,21,22). The largest absolute Gasteiger partial charge is 0.483 e. The zero-order valence-electron chi connectivity index (χ0n) is 12.4. The van der Waals surface area contributed by atoms with Crippen LogP contribution in [-0.4, -0.2) is 37.8 Å². The first-order valence-corrected chi connectivity index (χ1v) is 7.36. The second kappa shape index (κ2) is 7.63. The van der Waals surface area contributed by atoms with Gasteiger partial charge in [-0.3, -0.25) is 4.79 Å². The molecule has 1 aromatic carbocycles. The Balaban J connectivity index is 2.00. The highest BCUT2D eigenvalue weighted by Gasteiger charge is 2.29. The van der Waals surface area contributed by atoms with Crippen LogP contribution < -0.4 is 15.4 Å². The topological polar surface area (TPSA) is 50.4 Å². The highest BCUT2D eigenvalue weighted by molar-refractivity contribution is 5.96. The van der Waals surface area contributed by atoms with Crippen molar-refractivity contribution in [2.45, 2.75) is 31.5 Å². The third-order valence-electron chi connectivity index (χ3n) is 3.50. The van der Waals surface area contributed by atoms with E-state index in [2.05, 4.69) is 15.4 Å².